The maximum absolute atomic E-state index is 12.7. The maximum Gasteiger partial charge on any atom is 0.333 e. The standard InChI is InChI=1S/C14H21F2N5/c1-9(2)8-11-17-12(21(19-11)14(3,4)5)10-6-7-20(18-10)13(15)16/h6-7,9,13H,8H2,1-5H3. The lowest BCUT2D eigenvalue weighted by Gasteiger charge is -2.20. The van der Waals surface area contributed by atoms with Crippen LogP contribution in [0.4, 0.5) is 8.78 Å². The highest BCUT2D eigenvalue weighted by atomic mass is 19.3. The predicted octanol–water partition coefficient (Wildman–Crippen LogP) is 3.49. The summed E-state index contributed by atoms with van der Waals surface area (Å²) >= 11 is 0. The summed E-state index contributed by atoms with van der Waals surface area (Å²) < 4.78 is 27.7. The molecule has 2 heterocycles. The summed E-state index contributed by atoms with van der Waals surface area (Å²) in [6.07, 6.45) is 2.00. The molecule has 0 fully saturated rings. The van der Waals surface area contributed by atoms with Crippen molar-refractivity contribution in [3.63, 3.8) is 0 Å². The first kappa shape index (κ1) is 15.6. The molecule has 0 amide bonds. The average Bonchev–Trinajstić information content (AvgIpc) is 2.91. The van der Waals surface area contributed by atoms with Crippen molar-refractivity contribution < 1.29 is 8.78 Å². The molecule has 0 unspecified atom stereocenters. The first-order chi connectivity index (χ1) is 9.68. The van der Waals surface area contributed by atoms with Crippen molar-refractivity contribution in [1.29, 1.82) is 0 Å². The smallest absolute Gasteiger partial charge is 0.239 e. The summed E-state index contributed by atoms with van der Waals surface area (Å²) in [5.41, 5.74) is 0.111. The number of halogens is 2. The van der Waals surface area contributed by atoms with Crippen LogP contribution < -0.4 is 0 Å². The van der Waals surface area contributed by atoms with Crippen molar-refractivity contribution in [1.82, 2.24) is 24.5 Å². The van der Waals surface area contributed by atoms with Gasteiger partial charge >= 0.3 is 6.55 Å². The van der Waals surface area contributed by atoms with E-state index in [1.54, 1.807) is 4.68 Å². The van der Waals surface area contributed by atoms with E-state index >= 15 is 0 Å². The van der Waals surface area contributed by atoms with Crippen LogP contribution in [0.15, 0.2) is 12.3 Å². The predicted molar refractivity (Wildman–Crippen MR) is 76.0 cm³/mol. The van der Waals surface area contributed by atoms with Crippen LogP contribution in [0.2, 0.25) is 0 Å². The largest absolute Gasteiger partial charge is 0.333 e. The van der Waals surface area contributed by atoms with Crippen molar-refractivity contribution in [3.05, 3.63) is 18.1 Å². The minimum absolute atomic E-state index is 0.299. The highest BCUT2D eigenvalue weighted by molar-refractivity contribution is 5.49. The minimum Gasteiger partial charge on any atom is -0.239 e. The summed E-state index contributed by atoms with van der Waals surface area (Å²) in [5, 5.41) is 8.41. The zero-order valence-electron chi connectivity index (χ0n) is 13.0. The molecule has 0 aromatic carbocycles. The quantitative estimate of drug-likeness (QED) is 0.868. The molecule has 5 nitrogen and oxygen atoms in total. The molecule has 2 rings (SSSR count). The summed E-state index contributed by atoms with van der Waals surface area (Å²) in [7, 11) is 0. The Morgan fingerprint density at radius 2 is 1.86 bits per heavy atom. The Morgan fingerprint density at radius 3 is 2.33 bits per heavy atom. The third-order valence-corrected chi connectivity index (χ3v) is 2.91. The third-order valence-electron chi connectivity index (χ3n) is 2.91. The average molecular weight is 297 g/mol. The Balaban J connectivity index is 2.47. The highest BCUT2D eigenvalue weighted by Gasteiger charge is 2.24. The van der Waals surface area contributed by atoms with E-state index in [0.29, 0.717) is 27.9 Å². The fourth-order valence-corrected chi connectivity index (χ4v) is 2.01. The molecule has 7 heteroatoms. The van der Waals surface area contributed by atoms with E-state index in [4.69, 9.17) is 0 Å². The molecule has 0 atom stereocenters. The van der Waals surface area contributed by atoms with E-state index in [-0.39, 0.29) is 5.54 Å². The lowest BCUT2D eigenvalue weighted by atomic mass is 10.1. The molecule has 0 bridgehead atoms. The van der Waals surface area contributed by atoms with Crippen molar-refractivity contribution in [2.45, 2.75) is 53.1 Å². The summed E-state index contributed by atoms with van der Waals surface area (Å²) in [6, 6.07) is 1.54. The summed E-state index contributed by atoms with van der Waals surface area (Å²) in [4.78, 5) is 4.49. The molecule has 0 saturated heterocycles. The van der Waals surface area contributed by atoms with Gasteiger partial charge in [0, 0.05) is 12.6 Å². The molecule has 0 spiro atoms. The number of hydrogen-bond donors (Lipinski definition) is 0. The second kappa shape index (κ2) is 5.54. The van der Waals surface area contributed by atoms with Gasteiger partial charge in [0.2, 0.25) is 0 Å². The SMILES string of the molecule is CC(C)Cc1nc(-c2ccn(C(F)F)n2)n(C(C)(C)C)n1. The van der Waals surface area contributed by atoms with Gasteiger partial charge in [-0.1, -0.05) is 13.8 Å². The molecule has 0 N–H and O–H groups in total. The normalized spacial score (nSPS) is 12.6. The summed E-state index contributed by atoms with van der Waals surface area (Å²) in [6.45, 7) is 7.50. The lowest BCUT2D eigenvalue weighted by Crippen LogP contribution is -2.24. The van der Waals surface area contributed by atoms with Crippen LogP contribution in [0.3, 0.4) is 0 Å². The van der Waals surface area contributed by atoms with Crippen molar-refractivity contribution >= 4 is 0 Å². The fourth-order valence-electron chi connectivity index (χ4n) is 2.01. The van der Waals surface area contributed by atoms with Crippen LogP contribution >= 0.6 is 0 Å². The molecular formula is C14H21F2N5. The number of rotatable bonds is 4. The molecule has 0 aliphatic heterocycles. The molecule has 21 heavy (non-hydrogen) atoms. The van der Waals surface area contributed by atoms with E-state index in [2.05, 4.69) is 29.0 Å². The van der Waals surface area contributed by atoms with Crippen LogP contribution in [0.1, 0.15) is 47.0 Å². The van der Waals surface area contributed by atoms with E-state index in [9.17, 15) is 8.78 Å². The topological polar surface area (TPSA) is 48.5 Å². The van der Waals surface area contributed by atoms with E-state index in [0.717, 1.165) is 6.42 Å². The lowest BCUT2D eigenvalue weighted by molar-refractivity contribution is 0.0568. The van der Waals surface area contributed by atoms with Gasteiger partial charge in [-0.15, -0.1) is 0 Å². The number of hydrogen-bond acceptors (Lipinski definition) is 3. The molecular weight excluding hydrogens is 276 g/mol. The molecule has 0 aliphatic carbocycles. The van der Waals surface area contributed by atoms with Crippen LogP contribution in [-0.4, -0.2) is 24.5 Å². The van der Waals surface area contributed by atoms with Crippen LogP contribution in [0, 0.1) is 5.92 Å². The number of alkyl halides is 2. The highest BCUT2D eigenvalue weighted by Crippen LogP contribution is 2.24. The number of aromatic nitrogens is 5. The Bertz CT molecular complexity index is 607. The van der Waals surface area contributed by atoms with Gasteiger partial charge in [0.1, 0.15) is 5.69 Å². The van der Waals surface area contributed by atoms with Gasteiger partial charge in [0.15, 0.2) is 11.6 Å². The first-order valence-corrected chi connectivity index (χ1v) is 6.98. The Kier molecular flexibility index (Phi) is 4.11. The second-order valence-electron chi connectivity index (χ2n) is 6.49. The third kappa shape index (κ3) is 3.46. The van der Waals surface area contributed by atoms with E-state index < -0.39 is 6.55 Å². The molecule has 0 radical (unpaired) electrons. The molecule has 0 saturated carbocycles. The van der Waals surface area contributed by atoms with Crippen molar-refractivity contribution in [2.24, 2.45) is 5.92 Å². The Labute approximate surface area is 123 Å². The van der Waals surface area contributed by atoms with Gasteiger partial charge in [-0.05, 0) is 32.8 Å². The maximum atomic E-state index is 12.7. The summed E-state index contributed by atoms with van der Waals surface area (Å²) in [5.74, 6) is 1.66. The van der Waals surface area contributed by atoms with Gasteiger partial charge in [0.05, 0.1) is 5.54 Å². The molecule has 116 valence electrons. The monoisotopic (exact) mass is 297 g/mol. The van der Waals surface area contributed by atoms with Crippen molar-refractivity contribution in [3.8, 4) is 11.5 Å². The molecule has 0 aliphatic rings. The van der Waals surface area contributed by atoms with Crippen LogP contribution in [0.5, 0.6) is 0 Å². The first-order valence-electron chi connectivity index (χ1n) is 6.98. The zero-order chi connectivity index (χ0) is 15.8. The molecule has 2 aromatic rings. The number of nitrogens with zero attached hydrogens (tertiary/aromatic N) is 5. The fraction of sp³-hybridized carbons (Fsp3) is 0.643. The van der Waals surface area contributed by atoms with Gasteiger partial charge in [-0.25, -0.2) is 14.3 Å². The van der Waals surface area contributed by atoms with Crippen molar-refractivity contribution in [2.75, 3.05) is 0 Å². The Morgan fingerprint density at radius 1 is 1.19 bits per heavy atom. The zero-order valence-corrected chi connectivity index (χ0v) is 13.0. The van der Waals surface area contributed by atoms with Gasteiger partial charge in [0.25, 0.3) is 0 Å². The van der Waals surface area contributed by atoms with Crippen LogP contribution in [0.25, 0.3) is 11.5 Å². The van der Waals surface area contributed by atoms with E-state index in [1.165, 1.54) is 12.3 Å². The van der Waals surface area contributed by atoms with Gasteiger partial charge in [-0.3, -0.25) is 0 Å². The Hall–Kier alpha value is -1.79. The molecule has 2 aromatic heterocycles. The van der Waals surface area contributed by atoms with Crippen LogP contribution in [-0.2, 0) is 12.0 Å². The van der Waals surface area contributed by atoms with Gasteiger partial charge < -0.3 is 0 Å². The van der Waals surface area contributed by atoms with E-state index in [1.807, 2.05) is 20.8 Å². The second-order valence-corrected chi connectivity index (χ2v) is 6.49. The van der Waals surface area contributed by atoms with Gasteiger partial charge in [-0.2, -0.15) is 19.0 Å². The minimum atomic E-state index is -2.65.